The van der Waals surface area contributed by atoms with E-state index in [1.54, 1.807) is 29.2 Å². The summed E-state index contributed by atoms with van der Waals surface area (Å²) in [6, 6.07) is 17.1. The molecule has 0 bridgehead atoms. The topological polar surface area (TPSA) is 230 Å². The minimum atomic E-state index is -3.78. The molecular formula is C44H46FN5O10S2. The van der Waals surface area contributed by atoms with E-state index in [2.05, 4.69) is 40.6 Å². The Balaban J connectivity index is 0.000000235. The molecule has 1 fully saturated rings. The van der Waals surface area contributed by atoms with Crippen LogP contribution in [0.25, 0.3) is 21.8 Å². The van der Waals surface area contributed by atoms with Gasteiger partial charge < -0.3 is 14.8 Å². The van der Waals surface area contributed by atoms with Crippen LogP contribution in [0.5, 0.6) is 0 Å². The van der Waals surface area contributed by atoms with Crippen molar-refractivity contribution in [2.75, 3.05) is 19.1 Å². The number of rotatable bonds is 12. The Labute approximate surface area is 358 Å². The van der Waals surface area contributed by atoms with Crippen LogP contribution in [0.15, 0.2) is 73.1 Å². The fourth-order valence-electron chi connectivity index (χ4n) is 6.40. The zero-order valence-electron chi connectivity index (χ0n) is 34.3. The molecule has 1 unspecified atom stereocenters. The first-order valence-electron chi connectivity index (χ1n) is 19.1. The van der Waals surface area contributed by atoms with Crippen molar-refractivity contribution in [1.82, 2.24) is 25.3 Å². The second-order valence-corrected chi connectivity index (χ2v) is 20.2. The quantitative estimate of drug-likeness (QED) is 0.0606. The maximum atomic E-state index is 14.0. The maximum absolute atomic E-state index is 14.0. The number of fused-ring (bicyclic) bond motifs is 2. The lowest BCUT2D eigenvalue weighted by Gasteiger charge is -2.25. The van der Waals surface area contributed by atoms with Crippen LogP contribution in [-0.2, 0) is 49.0 Å². The molecular weight excluding hydrogens is 842 g/mol. The highest BCUT2D eigenvalue weighted by molar-refractivity contribution is 7.93. The normalized spacial score (nSPS) is 16.4. The molecule has 2 aromatic heterocycles. The third-order valence-electron chi connectivity index (χ3n) is 11.1. The lowest BCUT2D eigenvalue weighted by atomic mass is 10.1. The molecule has 3 aromatic carbocycles. The van der Waals surface area contributed by atoms with E-state index in [4.69, 9.17) is 20.6 Å². The molecule has 0 saturated heterocycles. The predicted octanol–water partition coefficient (Wildman–Crippen LogP) is 3.09. The molecule has 1 aliphatic rings. The van der Waals surface area contributed by atoms with Gasteiger partial charge in [0, 0.05) is 71.7 Å². The van der Waals surface area contributed by atoms with Crippen LogP contribution in [0.2, 0.25) is 0 Å². The van der Waals surface area contributed by atoms with Gasteiger partial charge >= 0.3 is 0 Å². The monoisotopic (exact) mass is 887 g/mol. The molecule has 0 aliphatic heterocycles. The largest absolute Gasteiger partial charge is 0.396 e. The van der Waals surface area contributed by atoms with Crippen molar-refractivity contribution >= 4 is 53.3 Å². The first-order valence-corrected chi connectivity index (χ1v) is 22.9. The Kier molecular flexibility index (Phi) is 14.7. The van der Waals surface area contributed by atoms with Crippen molar-refractivity contribution < 1.29 is 51.4 Å². The van der Waals surface area contributed by atoms with Crippen LogP contribution in [-0.4, -0.2) is 92.2 Å². The van der Waals surface area contributed by atoms with Gasteiger partial charge in [0.1, 0.15) is 5.82 Å². The van der Waals surface area contributed by atoms with E-state index in [0.29, 0.717) is 11.1 Å². The number of hydrogen-bond donors (Lipinski definition) is 6. The summed E-state index contributed by atoms with van der Waals surface area (Å²) < 4.78 is 62.4. The summed E-state index contributed by atoms with van der Waals surface area (Å²) in [6.07, 6.45) is 6.18. The number of nitrogens with one attached hydrogen (secondary N) is 2. The van der Waals surface area contributed by atoms with Crippen LogP contribution in [0.3, 0.4) is 0 Å². The number of hydrogen-bond acceptors (Lipinski definition) is 11. The summed E-state index contributed by atoms with van der Waals surface area (Å²) in [7, 11) is -7.55. The van der Waals surface area contributed by atoms with Crippen LogP contribution in [0.4, 0.5) is 4.39 Å². The Morgan fingerprint density at radius 2 is 1.42 bits per heavy atom. The van der Waals surface area contributed by atoms with Gasteiger partial charge in [0.15, 0.2) is 29.2 Å². The number of benzene rings is 3. The van der Waals surface area contributed by atoms with Crippen LogP contribution in [0, 0.1) is 53.2 Å². The number of aliphatic hydroxyl groups is 2. The fraction of sp³-hybridized carbons (Fsp3) is 0.341. The van der Waals surface area contributed by atoms with Gasteiger partial charge in [-0.3, -0.25) is 24.7 Å². The minimum absolute atomic E-state index is 0.0350. The average Bonchev–Trinajstić information content (AvgIpc) is 3.71. The number of carbonyl (C=O) groups is 2. The molecule has 62 heavy (non-hydrogen) atoms. The SMILES string of the molecule is C[C@@](CCn1ccc2cc(C#Cc3ccc(CO)cc3F)ccc21)(C(=O)NO)S(C)(=O)=O.C[C@@](CCn1ncc2cc(C#CC#CC3C[C@H]3CO)ccc21)(C(=O)NO)S(C)(=O)=O. The molecule has 6 rings (SSSR count). The molecule has 1 aliphatic carbocycles. The first kappa shape index (κ1) is 47.0. The summed E-state index contributed by atoms with van der Waals surface area (Å²) >= 11 is 0. The van der Waals surface area contributed by atoms with Gasteiger partial charge in [-0.15, -0.1) is 0 Å². The van der Waals surface area contributed by atoms with Crippen molar-refractivity contribution in [2.24, 2.45) is 11.8 Å². The molecule has 4 atom stereocenters. The van der Waals surface area contributed by atoms with E-state index in [1.807, 2.05) is 41.0 Å². The number of aliphatic hydroxyl groups excluding tert-OH is 2. The molecule has 6 N–H and O–H groups in total. The van der Waals surface area contributed by atoms with Crippen LogP contribution < -0.4 is 11.0 Å². The zero-order chi connectivity index (χ0) is 45.5. The first-order chi connectivity index (χ1) is 29.3. The number of aryl methyl sites for hydroxylation is 2. The molecule has 15 nitrogen and oxygen atoms in total. The number of carbonyl (C=O) groups excluding carboxylic acids is 2. The summed E-state index contributed by atoms with van der Waals surface area (Å²) in [5, 5.41) is 41.9. The molecule has 1 saturated carbocycles. The smallest absolute Gasteiger partial charge is 0.264 e. The van der Waals surface area contributed by atoms with Crippen molar-refractivity contribution in [3.05, 3.63) is 101 Å². The minimum Gasteiger partial charge on any atom is -0.396 e. The van der Waals surface area contributed by atoms with Crippen LogP contribution >= 0.6 is 0 Å². The third-order valence-corrected chi connectivity index (χ3v) is 15.1. The van der Waals surface area contributed by atoms with E-state index in [-0.39, 0.29) is 56.5 Å². The van der Waals surface area contributed by atoms with E-state index >= 15 is 0 Å². The highest BCUT2D eigenvalue weighted by Gasteiger charge is 2.44. The lowest BCUT2D eigenvalue weighted by molar-refractivity contribution is -0.132. The standard InChI is InChI=1S/C23H23FN2O5S.C21H23N3O5S/c1-23(22(28)25-29,32(2,30)31)10-12-26-11-9-19-13-16(5-8-21(19)26)3-6-18-7-4-17(15-27)14-20(18)24;1-21(20(26)23-27,30(2,28)29)9-10-24-19-8-7-15(11-17(19)13-22-24)5-3-4-6-16-12-18(16)14-25/h4-5,7-9,11,13-14,27,29H,10,12,15H2,1-2H3,(H,25,28);7-8,11,13,16,18,25,27H,9-10,12,14H2,1-2H3,(H,23,26)/t23-;16?,18-,21+/m10/s1. The van der Waals surface area contributed by atoms with Crippen LogP contribution in [0.1, 0.15) is 55.4 Å². The van der Waals surface area contributed by atoms with Crippen molar-refractivity contribution in [3.8, 4) is 35.5 Å². The Hall–Kier alpha value is -6.04. The van der Waals surface area contributed by atoms with E-state index in [9.17, 15) is 30.8 Å². The van der Waals surface area contributed by atoms with E-state index in [0.717, 1.165) is 46.3 Å². The van der Waals surface area contributed by atoms with Gasteiger partial charge in [0.2, 0.25) is 0 Å². The highest BCUT2D eigenvalue weighted by Crippen LogP contribution is 2.36. The average molecular weight is 888 g/mol. The Morgan fingerprint density at radius 1 is 0.806 bits per heavy atom. The lowest BCUT2D eigenvalue weighted by Crippen LogP contribution is -2.49. The third kappa shape index (κ3) is 10.7. The van der Waals surface area contributed by atoms with Gasteiger partial charge in [-0.25, -0.2) is 32.2 Å². The summed E-state index contributed by atoms with van der Waals surface area (Å²) in [4.78, 5) is 23.9. The van der Waals surface area contributed by atoms with Gasteiger partial charge in [0.05, 0.1) is 23.9 Å². The zero-order valence-corrected chi connectivity index (χ0v) is 35.9. The number of nitrogens with zero attached hydrogens (tertiary/aromatic N) is 3. The summed E-state index contributed by atoms with van der Waals surface area (Å²) in [5.41, 5.74) is 6.61. The molecule has 2 amide bonds. The molecule has 0 spiro atoms. The maximum Gasteiger partial charge on any atom is 0.264 e. The second kappa shape index (κ2) is 19.3. The fourth-order valence-corrected chi connectivity index (χ4v) is 8.09. The number of amides is 2. The summed E-state index contributed by atoms with van der Waals surface area (Å²) in [5.74, 6) is 15.4. The van der Waals surface area contributed by atoms with Crippen molar-refractivity contribution in [1.29, 1.82) is 0 Å². The van der Waals surface area contributed by atoms with Crippen molar-refractivity contribution in [2.45, 2.75) is 62.3 Å². The molecule has 326 valence electrons. The predicted molar refractivity (Wildman–Crippen MR) is 229 cm³/mol. The summed E-state index contributed by atoms with van der Waals surface area (Å²) in [6.45, 7) is 2.88. The Bertz CT molecular complexity index is 2930. The molecule has 2 heterocycles. The van der Waals surface area contributed by atoms with E-state index in [1.165, 1.54) is 36.9 Å². The molecule has 0 radical (unpaired) electrons. The van der Waals surface area contributed by atoms with Gasteiger partial charge in [-0.2, -0.15) is 5.10 Å². The van der Waals surface area contributed by atoms with Gasteiger partial charge in [-0.05, 0) is 111 Å². The van der Waals surface area contributed by atoms with Gasteiger partial charge in [-0.1, -0.05) is 29.7 Å². The number of hydroxylamine groups is 2. The second-order valence-electron chi connectivity index (χ2n) is 15.3. The molecule has 5 aromatic rings. The molecule has 18 heteroatoms. The Morgan fingerprint density at radius 3 is 2.00 bits per heavy atom. The highest BCUT2D eigenvalue weighted by atomic mass is 32.2. The van der Waals surface area contributed by atoms with E-state index < -0.39 is 46.8 Å². The number of halogens is 1. The number of aromatic nitrogens is 3. The van der Waals surface area contributed by atoms with Crippen molar-refractivity contribution in [3.63, 3.8) is 0 Å². The number of sulfone groups is 2. The van der Waals surface area contributed by atoms with Gasteiger partial charge in [0.25, 0.3) is 11.8 Å².